The van der Waals surface area contributed by atoms with Crippen LogP contribution >= 0.6 is 0 Å². The molecule has 0 heterocycles. The number of hydrogen-bond acceptors (Lipinski definition) is 4. The summed E-state index contributed by atoms with van der Waals surface area (Å²) < 4.78 is 10.6. The Hall–Kier alpha value is -1.26. The maximum absolute atomic E-state index is 9.20. The Morgan fingerprint density at radius 3 is 2.41 bits per heavy atom. The van der Waals surface area contributed by atoms with Gasteiger partial charge in [-0.3, -0.25) is 0 Å². The minimum Gasteiger partial charge on any atom is -0.493 e. The normalized spacial score (nSPS) is 23.1. The number of nitrogens with one attached hydrogen (secondary N) is 1. The first-order valence-corrected chi connectivity index (χ1v) is 8.24. The third-order valence-electron chi connectivity index (χ3n) is 4.62. The lowest BCUT2D eigenvalue weighted by molar-refractivity contribution is 0.172. The van der Waals surface area contributed by atoms with E-state index in [0.29, 0.717) is 24.6 Å². The van der Waals surface area contributed by atoms with E-state index in [2.05, 4.69) is 24.4 Å². The van der Waals surface area contributed by atoms with Gasteiger partial charge in [-0.15, -0.1) is 0 Å². The lowest BCUT2D eigenvalue weighted by Crippen LogP contribution is -2.40. The molecule has 0 aromatic heterocycles. The van der Waals surface area contributed by atoms with Gasteiger partial charge >= 0.3 is 0 Å². The molecule has 0 amide bonds. The summed E-state index contributed by atoms with van der Waals surface area (Å²) in [5.41, 5.74) is 1.25. The van der Waals surface area contributed by atoms with Gasteiger partial charge in [0.15, 0.2) is 11.5 Å². The Balaban J connectivity index is 1.85. The summed E-state index contributed by atoms with van der Waals surface area (Å²) in [4.78, 5) is 0. The molecule has 124 valence electrons. The summed E-state index contributed by atoms with van der Waals surface area (Å²) >= 11 is 0. The van der Waals surface area contributed by atoms with E-state index in [0.717, 1.165) is 30.8 Å². The SMILES string of the molecule is COc1ccc(CC(C)NC2CCC(CO)CC2)cc1OC. The quantitative estimate of drug-likeness (QED) is 0.813. The predicted octanol–water partition coefficient (Wildman–Crippen LogP) is 2.78. The minimum absolute atomic E-state index is 0.341. The van der Waals surface area contributed by atoms with Crippen molar-refractivity contribution >= 4 is 0 Å². The number of rotatable bonds is 7. The van der Waals surface area contributed by atoms with Crippen LogP contribution in [0.5, 0.6) is 11.5 Å². The molecule has 1 unspecified atom stereocenters. The second kappa shape index (κ2) is 8.39. The molecule has 4 nitrogen and oxygen atoms in total. The molecule has 0 aliphatic heterocycles. The number of hydrogen-bond donors (Lipinski definition) is 2. The van der Waals surface area contributed by atoms with E-state index in [9.17, 15) is 5.11 Å². The fraction of sp³-hybridized carbons (Fsp3) is 0.667. The number of aliphatic hydroxyl groups excluding tert-OH is 1. The zero-order chi connectivity index (χ0) is 15.9. The van der Waals surface area contributed by atoms with Crippen LogP contribution in [0.1, 0.15) is 38.2 Å². The number of methoxy groups -OCH3 is 2. The van der Waals surface area contributed by atoms with Crippen LogP contribution < -0.4 is 14.8 Å². The van der Waals surface area contributed by atoms with E-state index in [1.54, 1.807) is 14.2 Å². The molecule has 1 atom stereocenters. The van der Waals surface area contributed by atoms with Crippen LogP contribution in [-0.2, 0) is 6.42 Å². The van der Waals surface area contributed by atoms with E-state index in [1.807, 2.05) is 6.07 Å². The summed E-state index contributed by atoms with van der Waals surface area (Å²) in [5.74, 6) is 2.07. The van der Waals surface area contributed by atoms with Crippen molar-refractivity contribution in [1.82, 2.24) is 5.32 Å². The molecule has 0 radical (unpaired) electrons. The second-order valence-electron chi connectivity index (χ2n) is 6.36. The Morgan fingerprint density at radius 1 is 1.14 bits per heavy atom. The maximum atomic E-state index is 9.20. The van der Waals surface area contributed by atoms with E-state index in [4.69, 9.17) is 9.47 Å². The first kappa shape index (κ1) is 17.1. The Labute approximate surface area is 133 Å². The summed E-state index contributed by atoms with van der Waals surface area (Å²) in [6.07, 6.45) is 5.58. The average Bonchev–Trinajstić information content (AvgIpc) is 2.55. The molecule has 1 fully saturated rings. The van der Waals surface area contributed by atoms with Crippen LogP contribution in [0.25, 0.3) is 0 Å². The molecule has 1 saturated carbocycles. The molecule has 1 aromatic carbocycles. The van der Waals surface area contributed by atoms with Crippen molar-refractivity contribution in [1.29, 1.82) is 0 Å². The van der Waals surface area contributed by atoms with Gasteiger partial charge in [0, 0.05) is 18.7 Å². The first-order valence-electron chi connectivity index (χ1n) is 8.24. The smallest absolute Gasteiger partial charge is 0.160 e. The fourth-order valence-electron chi connectivity index (χ4n) is 3.33. The van der Waals surface area contributed by atoms with Crippen LogP contribution in [-0.4, -0.2) is 38.0 Å². The first-order chi connectivity index (χ1) is 10.7. The van der Waals surface area contributed by atoms with E-state index in [-0.39, 0.29) is 0 Å². The maximum Gasteiger partial charge on any atom is 0.160 e. The van der Waals surface area contributed by atoms with Crippen LogP contribution in [0.3, 0.4) is 0 Å². The number of ether oxygens (including phenoxy) is 2. The Morgan fingerprint density at radius 2 is 1.82 bits per heavy atom. The highest BCUT2D eigenvalue weighted by molar-refractivity contribution is 5.43. The molecular formula is C18H29NO3. The van der Waals surface area contributed by atoms with Gasteiger partial charge in [0.25, 0.3) is 0 Å². The summed E-state index contributed by atoms with van der Waals surface area (Å²) in [6.45, 7) is 2.57. The van der Waals surface area contributed by atoms with Crippen molar-refractivity contribution in [2.45, 2.75) is 51.1 Å². The van der Waals surface area contributed by atoms with Gasteiger partial charge in [0.05, 0.1) is 14.2 Å². The molecule has 0 spiro atoms. The molecule has 22 heavy (non-hydrogen) atoms. The van der Waals surface area contributed by atoms with E-state index >= 15 is 0 Å². The molecule has 0 saturated heterocycles. The summed E-state index contributed by atoms with van der Waals surface area (Å²) in [5, 5.41) is 12.9. The monoisotopic (exact) mass is 307 g/mol. The molecule has 0 bridgehead atoms. The van der Waals surface area contributed by atoms with Crippen molar-refractivity contribution in [2.24, 2.45) is 5.92 Å². The number of benzene rings is 1. The largest absolute Gasteiger partial charge is 0.493 e. The number of aliphatic hydroxyl groups is 1. The average molecular weight is 307 g/mol. The lowest BCUT2D eigenvalue weighted by Gasteiger charge is -2.30. The molecule has 2 rings (SSSR count). The van der Waals surface area contributed by atoms with Gasteiger partial charge in [-0.05, 0) is 62.6 Å². The molecule has 4 heteroatoms. The van der Waals surface area contributed by atoms with Crippen molar-refractivity contribution < 1.29 is 14.6 Å². The highest BCUT2D eigenvalue weighted by atomic mass is 16.5. The van der Waals surface area contributed by atoms with Gasteiger partial charge in [-0.2, -0.15) is 0 Å². The minimum atomic E-state index is 0.341. The third kappa shape index (κ3) is 4.62. The zero-order valence-electron chi connectivity index (χ0n) is 14.0. The van der Waals surface area contributed by atoms with Crippen LogP contribution in [0.2, 0.25) is 0 Å². The van der Waals surface area contributed by atoms with Crippen LogP contribution in [0, 0.1) is 5.92 Å². The second-order valence-corrected chi connectivity index (χ2v) is 6.36. The topological polar surface area (TPSA) is 50.7 Å². The summed E-state index contributed by atoms with van der Waals surface area (Å²) in [6, 6.07) is 7.13. The summed E-state index contributed by atoms with van der Waals surface area (Å²) in [7, 11) is 3.33. The fourth-order valence-corrected chi connectivity index (χ4v) is 3.33. The Bertz CT molecular complexity index is 456. The lowest BCUT2D eigenvalue weighted by atomic mass is 9.86. The van der Waals surface area contributed by atoms with E-state index < -0.39 is 0 Å². The van der Waals surface area contributed by atoms with Crippen molar-refractivity contribution in [3.63, 3.8) is 0 Å². The third-order valence-corrected chi connectivity index (χ3v) is 4.62. The van der Waals surface area contributed by atoms with Gasteiger partial charge in [-0.25, -0.2) is 0 Å². The predicted molar refractivity (Wildman–Crippen MR) is 88.7 cm³/mol. The van der Waals surface area contributed by atoms with E-state index in [1.165, 1.54) is 18.4 Å². The van der Waals surface area contributed by atoms with Gasteiger partial charge < -0.3 is 19.9 Å². The van der Waals surface area contributed by atoms with Crippen LogP contribution in [0.15, 0.2) is 18.2 Å². The zero-order valence-corrected chi connectivity index (χ0v) is 14.0. The highest BCUT2D eigenvalue weighted by Gasteiger charge is 2.21. The molecule has 1 aliphatic rings. The molecule has 1 aromatic rings. The molecule has 2 N–H and O–H groups in total. The standard InChI is InChI=1S/C18H29NO3/c1-13(19-16-7-4-14(12-20)5-8-16)10-15-6-9-17(21-2)18(11-15)22-3/h6,9,11,13-14,16,19-20H,4-5,7-8,10,12H2,1-3H3. The van der Waals surface area contributed by atoms with Crippen LogP contribution in [0.4, 0.5) is 0 Å². The van der Waals surface area contributed by atoms with Crippen molar-refractivity contribution in [3.8, 4) is 11.5 Å². The van der Waals surface area contributed by atoms with Crippen molar-refractivity contribution in [2.75, 3.05) is 20.8 Å². The van der Waals surface area contributed by atoms with Gasteiger partial charge in [-0.1, -0.05) is 6.07 Å². The van der Waals surface area contributed by atoms with Gasteiger partial charge in [0.2, 0.25) is 0 Å². The molecular weight excluding hydrogens is 278 g/mol. The highest BCUT2D eigenvalue weighted by Crippen LogP contribution is 2.28. The van der Waals surface area contributed by atoms with Gasteiger partial charge in [0.1, 0.15) is 0 Å². The molecule has 1 aliphatic carbocycles. The van der Waals surface area contributed by atoms with Crippen molar-refractivity contribution in [3.05, 3.63) is 23.8 Å². The Kier molecular flexibility index (Phi) is 6.52.